The fourth-order valence-corrected chi connectivity index (χ4v) is 4.10. The van der Waals surface area contributed by atoms with Gasteiger partial charge in [-0.15, -0.1) is 0 Å². The lowest BCUT2D eigenvalue weighted by Gasteiger charge is -2.16. The van der Waals surface area contributed by atoms with Gasteiger partial charge in [0.15, 0.2) is 0 Å². The summed E-state index contributed by atoms with van der Waals surface area (Å²) in [5.41, 5.74) is 1.74. The zero-order valence-corrected chi connectivity index (χ0v) is 22.5. The number of carbonyl (C=O) groups is 4. The summed E-state index contributed by atoms with van der Waals surface area (Å²) in [6, 6.07) is 14.5. The summed E-state index contributed by atoms with van der Waals surface area (Å²) in [5.74, 6) is -3.28. The van der Waals surface area contributed by atoms with Gasteiger partial charge in [0.25, 0.3) is 17.7 Å². The van der Waals surface area contributed by atoms with Crippen LogP contribution in [0.15, 0.2) is 71.4 Å². The van der Waals surface area contributed by atoms with E-state index in [-0.39, 0.29) is 38.7 Å². The van der Waals surface area contributed by atoms with Crippen LogP contribution in [0.5, 0.6) is 0 Å². The van der Waals surface area contributed by atoms with Gasteiger partial charge >= 0.3 is 5.97 Å². The van der Waals surface area contributed by atoms with E-state index in [4.69, 9.17) is 27.9 Å². The highest BCUT2D eigenvalue weighted by atomic mass is 35.5. The van der Waals surface area contributed by atoms with E-state index < -0.39 is 29.5 Å². The van der Waals surface area contributed by atoms with Gasteiger partial charge in [0.2, 0.25) is 0 Å². The third-order valence-electron chi connectivity index (χ3n) is 5.65. The third-order valence-corrected chi connectivity index (χ3v) is 6.29. The average Bonchev–Trinajstić information content (AvgIpc) is 3.09. The predicted molar refractivity (Wildman–Crippen MR) is 147 cm³/mol. The second-order valence-electron chi connectivity index (χ2n) is 8.88. The maximum Gasteiger partial charge on any atom is 0.338 e. The molecule has 2 N–H and O–H groups in total. The van der Waals surface area contributed by atoms with Crippen LogP contribution in [0.4, 0.5) is 21.5 Å². The normalized spacial score (nSPS) is 13.3. The molecule has 0 bridgehead atoms. The minimum Gasteiger partial charge on any atom is -0.459 e. The van der Waals surface area contributed by atoms with Crippen molar-refractivity contribution in [2.75, 3.05) is 15.5 Å². The van der Waals surface area contributed by atoms with Crippen molar-refractivity contribution in [2.45, 2.75) is 26.9 Å². The summed E-state index contributed by atoms with van der Waals surface area (Å²) in [5, 5.41) is 4.94. The van der Waals surface area contributed by atoms with Crippen LogP contribution in [0.2, 0.25) is 5.02 Å². The Kier molecular flexibility index (Phi) is 8.03. The Morgan fingerprint density at radius 1 is 0.949 bits per heavy atom. The molecule has 3 aromatic carbocycles. The van der Waals surface area contributed by atoms with E-state index in [1.165, 1.54) is 18.2 Å². The number of esters is 1. The molecular weight excluding hydrogens is 548 g/mol. The van der Waals surface area contributed by atoms with Crippen LogP contribution >= 0.6 is 23.2 Å². The van der Waals surface area contributed by atoms with E-state index in [9.17, 15) is 23.6 Å². The van der Waals surface area contributed by atoms with Crippen LogP contribution in [0.3, 0.4) is 0 Å². The second kappa shape index (κ2) is 11.3. The van der Waals surface area contributed by atoms with Gasteiger partial charge in [-0.2, -0.15) is 0 Å². The molecule has 3 amide bonds. The highest BCUT2D eigenvalue weighted by Crippen LogP contribution is 2.33. The first-order chi connectivity index (χ1) is 18.5. The zero-order valence-electron chi connectivity index (χ0n) is 21.0. The Morgan fingerprint density at radius 2 is 1.69 bits per heavy atom. The summed E-state index contributed by atoms with van der Waals surface area (Å²) in [6.45, 7) is 5.21. The van der Waals surface area contributed by atoms with Gasteiger partial charge in [-0.1, -0.05) is 35.3 Å². The van der Waals surface area contributed by atoms with E-state index >= 15 is 0 Å². The van der Waals surface area contributed by atoms with Crippen LogP contribution in [-0.2, 0) is 14.3 Å². The zero-order chi connectivity index (χ0) is 28.4. The highest BCUT2D eigenvalue weighted by molar-refractivity contribution is 6.53. The van der Waals surface area contributed by atoms with Crippen molar-refractivity contribution in [3.63, 3.8) is 0 Å². The number of nitrogens with one attached hydrogen (secondary N) is 2. The Labute approximate surface area is 233 Å². The first-order valence-corrected chi connectivity index (χ1v) is 12.5. The number of carbonyl (C=O) groups excluding carboxylic acids is 4. The average molecular weight is 570 g/mol. The van der Waals surface area contributed by atoms with Gasteiger partial charge in [-0.05, 0) is 74.9 Å². The number of benzene rings is 3. The summed E-state index contributed by atoms with van der Waals surface area (Å²) in [6.07, 6.45) is -0.291. The summed E-state index contributed by atoms with van der Waals surface area (Å²) < 4.78 is 18.8. The number of hydrogen-bond donors (Lipinski definition) is 2. The molecule has 200 valence electrons. The third kappa shape index (κ3) is 5.94. The molecule has 0 saturated carbocycles. The first-order valence-electron chi connectivity index (χ1n) is 11.7. The lowest BCUT2D eigenvalue weighted by atomic mass is 10.1. The molecule has 3 aromatic rings. The smallest absolute Gasteiger partial charge is 0.338 e. The SMILES string of the molecule is Cc1ccc(C(=O)Nc2cccc(C(=O)OC(C)C)c2)cc1NC1=C(Cl)C(=O)N(c2ccc(F)c(Cl)c2)C1=O. The standard InChI is InChI=1S/C28H22Cl2FN3O5/c1-14(2)39-28(38)17-5-4-6-18(11-17)32-25(35)16-8-7-15(3)22(12-16)33-24-23(30)26(36)34(27(24)37)19-9-10-21(31)20(29)13-19/h4-14,33H,1-3H3,(H,32,35). The minimum atomic E-state index is -0.811. The fourth-order valence-electron chi connectivity index (χ4n) is 3.71. The number of ether oxygens (including phenoxy) is 1. The first kappa shape index (κ1) is 27.8. The molecular formula is C28H22Cl2FN3O5. The van der Waals surface area contributed by atoms with Gasteiger partial charge in [0.05, 0.1) is 22.4 Å². The molecule has 0 unspecified atom stereocenters. The molecule has 39 heavy (non-hydrogen) atoms. The lowest BCUT2D eigenvalue weighted by Crippen LogP contribution is -2.32. The monoisotopic (exact) mass is 569 g/mol. The molecule has 0 fully saturated rings. The summed E-state index contributed by atoms with van der Waals surface area (Å²) in [7, 11) is 0. The molecule has 4 rings (SSSR count). The van der Waals surface area contributed by atoms with Gasteiger partial charge < -0.3 is 15.4 Å². The highest BCUT2D eigenvalue weighted by Gasteiger charge is 2.39. The van der Waals surface area contributed by atoms with Gasteiger partial charge in [-0.3, -0.25) is 14.4 Å². The molecule has 1 aliphatic rings. The largest absolute Gasteiger partial charge is 0.459 e. The van der Waals surface area contributed by atoms with Gasteiger partial charge in [-0.25, -0.2) is 14.1 Å². The fraction of sp³-hybridized carbons (Fsp3) is 0.143. The molecule has 0 aliphatic carbocycles. The molecule has 0 spiro atoms. The number of halogens is 3. The molecule has 0 aromatic heterocycles. The Hall–Kier alpha value is -4.21. The van der Waals surface area contributed by atoms with Crippen molar-refractivity contribution in [1.82, 2.24) is 0 Å². The lowest BCUT2D eigenvalue weighted by molar-refractivity contribution is -0.120. The van der Waals surface area contributed by atoms with Gasteiger partial charge in [0, 0.05) is 16.9 Å². The van der Waals surface area contributed by atoms with Crippen molar-refractivity contribution in [3.05, 3.63) is 98.9 Å². The Bertz CT molecular complexity index is 1550. The summed E-state index contributed by atoms with van der Waals surface area (Å²) >= 11 is 12.0. The molecule has 0 saturated heterocycles. The van der Waals surface area contributed by atoms with Crippen molar-refractivity contribution in [2.24, 2.45) is 0 Å². The molecule has 0 atom stereocenters. The van der Waals surface area contributed by atoms with E-state index in [0.717, 1.165) is 17.0 Å². The predicted octanol–water partition coefficient (Wildman–Crippen LogP) is 6.04. The van der Waals surface area contributed by atoms with Crippen LogP contribution in [0.25, 0.3) is 0 Å². The Morgan fingerprint density at radius 3 is 2.38 bits per heavy atom. The van der Waals surface area contributed by atoms with Crippen LogP contribution in [0, 0.1) is 12.7 Å². The van der Waals surface area contributed by atoms with E-state index in [1.807, 2.05) is 0 Å². The molecule has 1 heterocycles. The number of hydrogen-bond acceptors (Lipinski definition) is 6. The minimum absolute atomic E-state index is 0.0516. The summed E-state index contributed by atoms with van der Waals surface area (Å²) in [4.78, 5) is 51.8. The maximum atomic E-state index is 13.6. The number of anilines is 3. The van der Waals surface area contributed by atoms with Crippen molar-refractivity contribution < 1.29 is 28.3 Å². The van der Waals surface area contributed by atoms with E-state index in [2.05, 4.69) is 10.6 Å². The van der Waals surface area contributed by atoms with Gasteiger partial charge in [0.1, 0.15) is 16.5 Å². The molecule has 0 radical (unpaired) electrons. The second-order valence-corrected chi connectivity index (χ2v) is 9.66. The maximum absolute atomic E-state index is 13.6. The number of aryl methyl sites for hydroxylation is 1. The Balaban J connectivity index is 1.54. The van der Waals surface area contributed by atoms with Crippen LogP contribution < -0.4 is 15.5 Å². The van der Waals surface area contributed by atoms with Crippen molar-refractivity contribution >= 4 is 64.0 Å². The quantitative estimate of drug-likeness (QED) is 0.265. The molecule has 8 nitrogen and oxygen atoms in total. The number of amides is 3. The van der Waals surface area contributed by atoms with Crippen molar-refractivity contribution in [3.8, 4) is 0 Å². The van der Waals surface area contributed by atoms with E-state index in [0.29, 0.717) is 16.9 Å². The number of nitrogens with zero attached hydrogens (tertiary/aromatic N) is 1. The molecule has 11 heteroatoms. The van der Waals surface area contributed by atoms with E-state index in [1.54, 1.807) is 51.1 Å². The number of rotatable bonds is 7. The van der Waals surface area contributed by atoms with Crippen molar-refractivity contribution in [1.29, 1.82) is 0 Å². The molecule has 1 aliphatic heterocycles. The topological polar surface area (TPSA) is 105 Å². The number of imide groups is 1. The van der Waals surface area contributed by atoms with Crippen LogP contribution in [-0.4, -0.2) is 29.8 Å². The van der Waals surface area contributed by atoms with Crippen LogP contribution in [0.1, 0.15) is 40.1 Å².